The van der Waals surface area contributed by atoms with E-state index >= 15 is 0 Å². The molecular formula is C22H19FN6OS. The van der Waals surface area contributed by atoms with Crippen molar-refractivity contribution in [1.82, 2.24) is 14.7 Å². The number of halogens is 1. The van der Waals surface area contributed by atoms with Crippen LogP contribution in [0, 0.1) is 5.82 Å². The fraction of sp³-hybridized carbons (Fsp3) is 0.182. The number of fused-ring (bicyclic) bond motifs is 3. The molecule has 0 radical (unpaired) electrons. The number of hydrogen-bond donors (Lipinski definition) is 1. The van der Waals surface area contributed by atoms with Gasteiger partial charge in [-0.05, 0) is 42.8 Å². The first-order valence-corrected chi connectivity index (χ1v) is 10.9. The van der Waals surface area contributed by atoms with E-state index in [0.29, 0.717) is 11.5 Å². The van der Waals surface area contributed by atoms with Gasteiger partial charge in [-0.15, -0.1) is 0 Å². The van der Waals surface area contributed by atoms with Crippen molar-refractivity contribution in [3.05, 3.63) is 72.2 Å². The van der Waals surface area contributed by atoms with Crippen LogP contribution in [0.25, 0.3) is 5.69 Å². The molecule has 0 saturated heterocycles. The number of aliphatic imine (C=N–C) groups is 2. The quantitative estimate of drug-likeness (QED) is 0.677. The van der Waals surface area contributed by atoms with Crippen molar-refractivity contribution in [1.29, 1.82) is 0 Å². The molecule has 0 saturated carbocycles. The average Bonchev–Trinajstić information content (AvgIpc) is 3.24. The number of nitrogens with zero attached hydrogens (tertiary/aromatic N) is 5. The predicted octanol–water partition coefficient (Wildman–Crippen LogP) is 3.84. The summed E-state index contributed by atoms with van der Waals surface area (Å²) in [6.45, 7) is 1.55. The summed E-state index contributed by atoms with van der Waals surface area (Å²) in [7, 11) is 0. The zero-order valence-electron chi connectivity index (χ0n) is 16.5. The van der Waals surface area contributed by atoms with Crippen LogP contribution in [0.4, 0.5) is 15.9 Å². The van der Waals surface area contributed by atoms with Crippen molar-refractivity contribution in [3.8, 4) is 5.69 Å². The molecule has 2 aliphatic heterocycles. The Morgan fingerprint density at radius 2 is 1.94 bits per heavy atom. The summed E-state index contributed by atoms with van der Waals surface area (Å²) in [5, 5.41) is 8.04. The molecule has 0 bridgehead atoms. The summed E-state index contributed by atoms with van der Waals surface area (Å²) >= 11 is 1.35. The van der Waals surface area contributed by atoms with Crippen LogP contribution in [-0.4, -0.2) is 50.4 Å². The van der Waals surface area contributed by atoms with Crippen molar-refractivity contribution >= 4 is 40.2 Å². The van der Waals surface area contributed by atoms with Gasteiger partial charge in [-0.2, -0.15) is 5.10 Å². The van der Waals surface area contributed by atoms with Gasteiger partial charge in [-0.25, -0.2) is 14.1 Å². The molecule has 156 valence electrons. The molecule has 0 unspecified atom stereocenters. The third kappa shape index (κ3) is 3.96. The van der Waals surface area contributed by atoms with Crippen LogP contribution < -0.4 is 5.32 Å². The molecule has 31 heavy (non-hydrogen) atoms. The topological polar surface area (TPSA) is 74.9 Å². The molecule has 3 aromatic rings. The maximum atomic E-state index is 13.1. The second-order valence-electron chi connectivity index (χ2n) is 7.08. The zero-order chi connectivity index (χ0) is 21.2. The first-order chi connectivity index (χ1) is 15.2. The van der Waals surface area contributed by atoms with Gasteiger partial charge in [0.25, 0.3) is 0 Å². The fourth-order valence-electron chi connectivity index (χ4n) is 3.51. The lowest BCUT2D eigenvalue weighted by molar-refractivity contribution is -0.113. The van der Waals surface area contributed by atoms with Crippen LogP contribution in [0.5, 0.6) is 0 Å². The van der Waals surface area contributed by atoms with Gasteiger partial charge in [0.1, 0.15) is 11.7 Å². The molecular weight excluding hydrogens is 415 g/mol. The van der Waals surface area contributed by atoms with E-state index in [9.17, 15) is 9.18 Å². The van der Waals surface area contributed by atoms with Gasteiger partial charge in [0.2, 0.25) is 5.91 Å². The Morgan fingerprint density at radius 3 is 2.74 bits per heavy atom. The van der Waals surface area contributed by atoms with Gasteiger partial charge in [-0.1, -0.05) is 30.0 Å². The molecule has 2 aromatic carbocycles. The van der Waals surface area contributed by atoms with Crippen LogP contribution in [0.1, 0.15) is 12.0 Å². The van der Waals surface area contributed by atoms with E-state index in [4.69, 9.17) is 9.98 Å². The summed E-state index contributed by atoms with van der Waals surface area (Å²) in [4.78, 5) is 24.1. The lowest BCUT2D eigenvalue weighted by Gasteiger charge is -2.32. The predicted molar refractivity (Wildman–Crippen MR) is 121 cm³/mol. The number of amidine groups is 2. The molecule has 3 heterocycles. The van der Waals surface area contributed by atoms with E-state index in [1.807, 2.05) is 30.3 Å². The third-order valence-electron chi connectivity index (χ3n) is 4.94. The number of rotatable bonds is 4. The normalized spacial score (nSPS) is 14.9. The van der Waals surface area contributed by atoms with Gasteiger partial charge in [-0.3, -0.25) is 9.79 Å². The van der Waals surface area contributed by atoms with Crippen LogP contribution in [0.15, 0.2) is 70.8 Å². The highest BCUT2D eigenvalue weighted by atomic mass is 32.2. The minimum absolute atomic E-state index is 0.175. The average molecular weight is 435 g/mol. The maximum Gasteiger partial charge on any atom is 0.234 e. The Hall–Kier alpha value is -3.46. The first-order valence-electron chi connectivity index (χ1n) is 9.92. The van der Waals surface area contributed by atoms with Crippen molar-refractivity contribution in [2.45, 2.75) is 6.42 Å². The van der Waals surface area contributed by atoms with E-state index in [2.05, 4.69) is 15.3 Å². The molecule has 0 fully saturated rings. The minimum Gasteiger partial charge on any atom is -0.325 e. The van der Waals surface area contributed by atoms with Gasteiger partial charge < -0.3 is 10.2 Å². The van der Waals surface area contributed by atoms with Gasteiger partial charge in [0.15, 0.2) is 11.0 Å². The number of hydrogen-bond acceptors (Lipinski definition) is 6. The number of anilines is 1. The number of amides is 1. The SMILES string of the molecule is O=C(CSC1=Nc2c(cnn2-c2ccccc2)C2=NCCCN12)Nc1ccc(F)cc1. The van der Waals surface area contributed by atoms with Crippen LogP contribution in [-0.2, 0) is 4.79 Å². The van der Waals surface area contributed by atoms with Crippen molar-refractivity contribution < 1.29 is 9.18 Å². The maximum absolute atomic E-state index is 13.1. The number of benzene rings is 2. The molecule has 1 aromatic heterocycles. The van der Waals surface area contributed by atoms with Crippen molar-refractivity contribution in [2.75, 3.05) is 24.2 Å². The van der Waals surface area contributed by atoms with Gasteiger partial charge in [0, 0.05) is 18.8 Å². The lowest BCUT2D eigenvalue weighted by atomic mass is 10.2. The van der Waals surface area contributed by atoms with Gasteiger partial charge >= 0.3 is 0 Å². The van der Waals surface area contributed by atoms with Gasteiger partial charge in [0.05, 0.1) is 23.2 Å². The number of carbonyl (C=O) groups excluding carboxylic acids is 1. The number of aromatic nitrogens is 2. The molecule has 0 aliphatic carbocycles. The fourth-order valence-corrected chi connectivity index (χ4v) is 4.33. The molecule has 7 nitrogen and oxygen atoms in total. The highest BCUT2D eigenvalue weighted by Crippen LogP contribution is 2.33. The molecule has 9 heteroatoms. The minimum atomic E-state index is -0.341. The molecule has 2 aliphatic rings. The summed E-state index contributed by atoms with van der Waals surface area (Å²) in [6, 6.07) is 15.5. The molecule has 0 spiro atoms. The molecule has 5 rings (SSSR count). The van der Waals surface area contributed by atoms with E-state index in [-0.39, 0.29) is 17.5 Å². The van der Waals surface area contributed by atoms with E-state index in [0.717, 1.165) is 41.8 Å². The van der Waals surface area contributed by atoms with Crippen LogP contribution in [0.3, 0.4) is 0 Å². The number of thioether (sulfide) groups is 1. The van der Waals surface area contributed by atoms with E-state index in [1.165, 1.54) is 36.0 Å². The van der Waals surface area contributed by atoms with Crippen LogP contribution in [0.2, 0.25) is 0 Å². The Labute approximate surface area is 182 Å². The van der Waals surface area contributed by atoms with E-state index in [1.54, 1.807) is 10.9 Å². The number of para-hydroxylation sites is 1. The van der Waals surface area contributed by atoms with Crippen molar-refractivity contribution in [2.24, 2.45) is 9.98 Å². The number of carbonyl (C=O) groups is 1. The lowest BCUT2D eigenvalue weighted by Crippen LogP contribution is -2.42. The second kappa shape index (κ2) is 8.35. The largest absolute Gasteiger partial charge is 0.325 e. The molecule has 1 N–H and O–H groups in total. The third-order valence-corrected chi connectivity index (χ3v) is 5.91. The highest BCUT2D eigenvalue weighted by Gasteiger charge is 2.31. The summed E-state index contributed by atoms with van der Waals surface area (Å²) in [6.07, 6.45) is 2.72. The standard InChI is InChI=1S/C22H19FN6OS/c23-15-7-9-16(10-8-15)26-19(30)14-31-22-27-21-18(20-24-11-4-12-28(20)22)13-25-29(21)17-5-2-1-3-6-17/h1-3,5-10,13H,4,11-12,14H2,(H,26,30). The van der Waals surface area contributed by atoms with E-state index < -0.39 is 0 Å². The Morgan fingerprint density at radius 1 is 1.13 bits per heavy atom. The molecule has 1 amide bonds. The monoisotopic (exact) mass is 434 g/mol. The summed E-state index contributed by atoms with van der Waals surface area (Å²) < 4.78 is 14.9. The number of nitrogens with one attached hydrogen (secondary N) is 1. The summed E-state index contributed by atoms with van der Waals surface area (Å²) in [5.41, 5.74) is 2.36. The molecule has 0 atom stereocenters. The van der Waals surface area contributed by atoms with Crippen molar-refractivity contribution in [3.63, 3.8) is 0 Å². The Bertz CT molecular complexity index is 1170. The Balaban J connectivity index is 1.40. The van der Waals surface area contributed by atoms with Crippen LogP contribution >= 0.6 is 11.8 Å². The Kier molecular flexibility index (Phi) is 5.25. The second-order valence-corrected chi connectivity index (χ2v) is 8.02. The highest BCUT2D eigenvalue weighted by molar-refractivity contribution is 8.14. The first kappa shape index (κ1) is 19.5. The smallest absolute Gasteiger partial charge is 0.234 e. The summed E-state index contributed by atoms with van der Waals surface area (Å²) in [5.74, 6) is 1.21. The zero-order valence-corrected chi connectivity index (χ0v) is 17.3.